The van der Waals surface area contributed by atoms with Crippen molar-refractivity contribution in [1.82, 2.24) is 15.1 Å². The van der Waals surface area contributed by atoms with E-state index >= 15 is 0 Å². The van der Waals surface area contributed by atoms with Crippen LogP contribution < -0.4 is 10.2 Å². The number of hydrogen-bond acceptors (Lipinski definition) is 5. The lowest BCUT2D eigenvalue weighted by Gasteiger charge is -2.25. The van der Waals surface area contributed by atoms with Crippen molar-refractivity contribution in [1.29, 1.82) is 0 Å². The quantitative estimate of drug-likeness (QED) is 0.638. The normalized spacial score (nSPS) is 19.1. The molecule has 7 heteroatoms. The molecule has 1 atom stereocenters. The number of anilines is 1. The van der Waals surface area contributed by atoms with Gasteiger partial charge in [0.15, 0.2) is 0 Å². The van der Waals surface area contributed by atoms with Crippen LogP contribution in [-0.2, 0) is 13.5 Å². The molecule has 0 spiro atoms. The van der Waals surface area contributed by atoms with Gasteiger partial charge in [-0.15, -0.1) is 0 Å². The third kappa shape index (κ3) is 2.42. The molecule has 1 aliphatic rings. The van der Waals surface area contributed by atoms with Gasteiger partial charge in [0.05, 0.1) is 4.92 Å². The topological polar surface area (TPSA) is 76.2 Å². The Balaban J connectivity index is 2.43. The highest BCUT2D eigenvalue weighted by Gasteiger charge is 2.35. The molecule has 1 aromatic rings. The fourth-order valence-corrected chi connectivity index (χ4v) is 2.87. The molecule has 1 fully saturated rings. The molecule has 2 rings (SSSR count). The van der Waals surface area contributed by atoms with E-state index in [2.05, 4.69) is 15.3 Å². The average Bonchev–Trinajstić information content (AvgIpc) is 2.93. The zero-order chi connectivity index (χ0) is 14.0. The van der Waals surface area contributed by atoms with Crippen molar-refractivity contribution in [2.45, 2.75) is 32.2 Å². The van der Waals surface area contributed by atoms with E-state index in [1.54, 1.807) is 11.7 Å². The summed E-state index contributed by atoms with van der Waals surface area (Å²) in [5.41, 5.74) is 0.741. The van der Waals surface area contributed by atoms with Crippen LogP contribution in [0.2, 0.25) is 0 Å². The molecule has 0 bridgehead atoms. The monoisotopic (exact) mass is 267 g/mol. The zero-order valence-corrected chi connectivity index (χ0v) is 11.7. The Labute approximate surface area is 112 Å². The van der Waals surface area contributed by atoms with Crippen LogP contribution in [0.1, 0.15) is 25.5 Å². The molecule has 0 aromatic carbocycles. The first-order chi connectivity index (χ1) is 9.10. The lowest BCUT2D eigenvalue weighted by molar-refractivity contribution is -0.384. The van der Waals surface area contributed by atoms with E-state index in [-0.39, 0.29) is 10.6 Å². The predicted molar refractivity (Wildman–Crippen MR) is 73.5 cm³/mol. The molecule has 0 radical (unpaired) electrons. The summed E-state index contributed by atoms with van der Waals surface area (Å²) in [6.07, 6.45) is 2.70. The summed E-state index contributed by atoms with van der Waals surface area (Å²) in [4.78, 5) is 13.2. The third-order valence-electron chi connectivity index (χ3n) is 3.67. The smallest absolute Gasteiger partial charge is 0.334 e. The molecule has 0 amide bonds. The molecule has 2 heterocycles. The van der Waals surface area contributed by atoms with E-state index < -0.39 is 0 Å². The second-order valence-corrected chi connectivity index (χ2v) is 4.90. The van der Waals surface area contributed by atoms with Crippen LogP contribution in [0.4, 0.5) is 11.5 Å². The molecule has 0 saturated carbocycles. The molecular weight excluding hydrogens is 246 g/mol. The van der Waals surface area contributed by atoms with E-state index in [0.29, 0.717) is 24.0 Å². The van der Waals surface area contributed by atoms with E-state index in [4.69, 9.17) is 0 Å². The Morgan fingerprint density at radius 1 is 1.58 bits per heavy atom. The van der Waals surface area contributed by atoms with Crippen molar-refractivity contribution in [2.24, 2.45) is 7.05 Å². The minimum atomic E-state index is -0.296. The molecule has 0 aliphatic carbocycles. The maximum absolute atomic E-state index is 11.3. The number of nitrogens with zero attached hydrogens (tertiary/aromatic N) is 4. The van der Waals surface area contributed by atoms with Gasteiger partial charge in [-0.3, -0.25) is 10.1 Å². The van der Waals surface area contributed by atoms with Crippen LogP contribution in [-0.4, -0.2) is 40.9 Å². The van der Waals surface area contributed by atoms with E-state index in [1.165, 1.54) is 0 Å². The molecule has 19 heavy (non-hydrogen) atoms. The fourth-order valence-electron chi connectivity index (χ4n) is 2.87. The van der Waals surface area contributed by atoms with Gasteiger partial charge >= 0.3 is 5.69 Å². The maximum atomic E-state index is 11.3. The lowest BCUT2D eigenvalue weighted by atomic mass is 10.2. The number of rotatable bonds is 5. The van der Waals surface area contributed by atoms with Crippen molar-refractivity contribution >= 4 is 11.5 Å². The molecule has 1 aliphatic heterocycles. The Bertz CT molecular complexity index is 471. The van der Waals surface area contributed by atoms with Gasteiger partial charge in [-0.25, -0.2) is 4.68 Å². The van der Waals surface area contributed by atoms with Crippen molar-refractivity contribution in [2.75, 3.05) is 25.0 Å². The first-order valence-corrected chi connectivity index (χ1v) is 6.71. The van der Waals surface area contributed by atoms with Crippen LogP contribution in [0.3, 0.4) is 0 Å². The summed E-state index contributed by atoms with van der Waals surface area (Å²) in [6, 6.07) is 0.309. The maximum Gasteiger partial charge on any atom is 0.334 e. The second kappa shape index (κ2) is 5.56. The summed E-state index contributed by atoms with van der Waals surface area (Å²) in [5.74, 6) is 0.652. The third-order valence-corrected chi connectivity index (χ3v) is 3.67. The molecule has 7 nitrogen and oxygen atoms in total. The van der Waals surface area contributed by atoms with Gasteiger partial charge in [0.25, 0.3) is 0 Å². The van der Waals surface area contributed by atoms with Crippen LogP contribution in [0, 0.1) is 10.1 Å². The number of nitro groups is 1. The highest BCUT2D eigenvalue weighted by Crippen LogP contribution is 2.35. The average molecular weight is 267 g/mol. The zero-order valence-electron chi connectivity index (χ0n) is 11.7. The fraction of sp³-hybridized carbons (Fsp3) is 0.750. The molecule has 106 valence electrons. The number of likely N-dealkylation sites (N-methyl/N-ethyl adjacent to an activating group) is 1. The molecule has 1 N–H and O–H groups in total. The van der Waals surface area contributed by atoms with Gasteiger partial charge < -0.3 is 10.2 Å². The van der Waals surface area contributed by atoms with E-state index in [1.807, 2.05) is 14.0 Å². The van der Waals surface area contributed by atoms with E-state index in [9.17, 15) is 10.1 Å². The highest BCUT2D eigenvalue weighted by molar-refractivity contribution is 5.62. The first kappa shape index (κ1) is 13.8. The van der Waals surface area contributed by atoms with Crippen molar-refractivity contribution in [3.8, 4) is 0 Å². The van der Waals surface area contributed by atoms with Crippen LogP contribution in [0.5, 0.6) is 0 Å². The summed E-state index contributed by atoms with van der Waals surface area (Å²) >= 11 is 0. The van der Waals surface area contributed by atoms with Crippen LogP contribution >= 0.6 is 0 Å². The molecule has 1 aromatic heterocycles. The minimum absolute atomic E-state index is 0.174. The standard InChI is InChI=1S/C12H21N5O2/c1-4-10-11(17(18)19)12(15(3)14-10)16-7-5-6-9(16)8-13-2/h9,13H,4-8H2,1-3H3. The molecule has 1 saturated heterocycles. The number of hydrogen-bond donors (Lipinski definition) is 1. The largest absolute Gasteiger partial charge is 0.347 e. The van der Waals surface area contributed by atoms with Crippen LogP contribution in [0.15, 0.2) is 0 Å². The van der Waals surface area contributed by atoms with Crippen molar-refractivity contribution in [3.05, 3.63) is 15.8 Å². The first-order valence-electron chi connectivity index (χ1n) is 6.71. The number of aryl methyl sites for hydroxylation is 2. The Hall–Kier alpha value is -1.63. The van der Waals surface area contributed by atoms with Gasteiger partial charge in [0.2, 0.25) is 5.82 Å². The Morgan fingerprint density at radius 3 is 2.89 bits per heavy atom. The number of aromatic nitrogens is 2. The van der Waals surface area contributed by atoms with Gasteiger partial charge in [0.1, 0.15) is 5.69 Å². The SMILES string of the molecule is CCc1nn(C)c(N2CCCC2CNC)c1[N+](=O)[O-]. The van der Waals surface area contributed by atoms with Crippen LogP contribution in [0.25, 0.3) is 0 Å². The Kier molecular flexibility index (Phi) is 4.04. The summed E-state index contributed by atoms with van der Waals surface area (Å²) in [6.45, 7) is 3.59. The predicted octanol–water partition coefficient (Wildman–Crippen LogP) is 1.08. The highest BCUT2D eigenvalue weighted by atomic mass is 16.6. The number of nitrogens with one attached hydrogen (secondary N) is 1. The van der Waals surface area contributed by atoms with Gasteiger partial charge in [-0.2, -0.15) is 5.10 Å². The lowest BCUT2D eigenvalue weighted by Crippen LogP contribution is -2.38. The summed E-state index contributed by atoms with van der Waals surface area (Å²) < 4.78 is 1.66. The minimum Gasteiger partial charge on any atom is -0.347 e. The summed E-state index contributed by atoms with van der Waals surface area (Å²) in [7, 11) is 3.70. The van der Waals surface area contributed by atoms with Crippen molar-refractivity contribution < 1.29 is 4.92 Å². The van der Waals surface area contributed by atoms with Gasteiger partial charge in [-0.05, 0) is 26.3 Å². The van der Waals surface area contributed by atoms with Gasteiger partial charge in [-0.1, -0.05) is 6.92 Å². The molecule has 1 unspecified atom stereocenters. The Morgan fingerprint density at radius 2 is 2.32 bits per heavy atom. The second-order valence-electron chi connectivity index (χ2n) is 4.90. The summed E-state index contributed by atoms with van der Waals surface area (Å²) in [5, 5.41) is 18.8. The van der Waals surface area contributed by atoms with Gasteiger partial charge in [0, 0.05) is 26.2 Å². The van der Waals surface area contributed by atoms with Crippen molar-refractivity contribution in [3.63, 3.8) is 0 Å². The van der Waals surface area contributed by atoms with E-state index in [0.717, 1.165) is 25.9 Å². The molecular formula is C12H21N5O2.